The highest BCUT2D eigenvalue weighted by Gasteiger charge is 2.08. The first kappa shape index (κ1) is 11.2. The molecule has 0 atom stereocenters. The monoisotopic (exact) mass is 256 g/mol. The standard InChI is InChI=1S/C10H13BrN2O/c1-6(2)8-4-3-7(5-9(8)11)10(14)13-12/h3-6H,12H2,1-2H3,(H,13,14). The maximum atomic E-state index is 11.2. The lowest BCUT2D eigenvalue weighted by Gasteiger charge is -2.09. The first-order valence-corrected chi connectivity index (χ1v) is 5.16. The summed E-state index contributed by atoms with van der Waals surface area (Å²) < 4.78 is 0.939. The lowest BCUT2D eigenvalue weighted by atomic mass is 10.0. The third-order valence-corrected chi connectivity index (χ3v) is 2.70. The van der Waals surface area contributed by atoms with Crippen molar-refractivity contribution in [3.8, 4) is 0 Å². The van der Waals surface area contributed by atoms with Gasteiger partial charge in [-0.1, -0.05) is 35.8 Å². The van der Waals surface area contributed by atoms with Crippen molar-refractivity contribution in [3.05, 3.63) is 33.8 Å². The van der Waals surface area contributed by atoms with Gasteiger partial charge in [-0.25, -0.2) is 5.84 Å². The molecule has 1 amide bonds. The molecule has 0 aliphatic carbocycles. The number of nitrogen functional groups attached to an aromatic ring is 1. The highest BCUT2D eigenvalue weighted by atomic mass is 79.9. The number of hydrogen-bond donors (Lipinski definition) is 2. The van der Waals surface area contributed by atoms with Gasteiger partial charge in [-0.3, -0.25) is 10.2 Å². The predicted octanol–water partition coefficient (Wildman–Crippen LogP) is 2.18. The molecule has 0 unspecified atom stereocenters. The van der Waals surface area contributed by atoms with Crippen molar-refractivity contribution >= 4 is 21.8 Å². The van der Waals surface area contributed by atoms with Crippen LogP contribution in [0.1, 0.15) is 35.7 Å². The average molecular weight is 257 g/mol. The molecule has 1 aromatic carbocycles. The van der Waals surface area contributed by atoms with Crippen molar-refractivity contribution in [2.45, 2.75) is 19.8 Å². The van der Waals surface area contributed by atoms with Crippen LogP contribution >= 0.6 is 15.9 Å². The lowest BCUT2D eigenvalue weighted by molar-refractivity contribution is 0.0953. The highest BCUT2D eigenvalue weighted by Crippen LogP contribution is 2.25. The summed E-state index contributed by atoms with van der Waals surface area (Å²) in [5.41, 5.74) is 3.84. The summed E-state index contributed by atoms with van der Waals surface area (Å²) in [6.07, 6.45) is 0. The van der Waals surface area contributed by atoms with Crippen LogP contribution in [0.25, 0.3) is 0 Å². The van der Waals surface area contributed by atoms with Gasteiger partial charge in [0.15, 0.2) is 0 Å². The molecule has 3 nitrogen and oxygen atoms in total. The number of hydrogen-bond acceptors (Lipinski definition) is 2. The molecule has 1 rings (SSSR count). The number of benzene rings is 1. The number of amides is 1. The molecule has 0 spiro atoms. The average Bonchev–Trinajstić information content (AvgIpc) is 2.15. The maximum Gasteiger partial charge on any atom is 0.265 e. The molecule has 3 N–H and O–H groups in total. The van der Waals surface area contributed by atoms with Crippen LogP contribution in [-0.2, 0) is 0 Å². The van der Waals surface area contributed by atoms with Crippen LogP contribution in [0.15, 0.2) is 22.7 Å². The van der Waals surface area contributed by atoms with Crippen molar-refractivity contribution in [1.29, 1.82) is 0 Å². The van der Waals surface area contributed by atoms with Gasteiger partial charge in [0.05, 0.1) is 0 Å². The molecular formula is C10H13BrN2O. The Balaban J connectivity index is 3.06. The smallest absolute Gasteiger partial charge is 0.265 e. The predicted molar refractivity (Wildman–Crippen MR) is 59.9 cm³/mol. The maximum absolute atomic E-state index is 11.2. The van der Waals surface area contributed by atoms with E-state index in [9.17, 15) is 4.79 Å². The fourth-order valence-electron chi connectivity index (χ4n) is 1.22. The lowest BCUT2D eigenvalue weighted by Crippen LogP contribution is -2.29. The number of hydrazine groups is 1. The topological polar surface area (TPSA) is 55.1 Å². The van der Waals surface area contributed by atoms with Crippen LogP contribution in [-0.4, -0.2) is 5.91 Å². The van der Waals surface area contributed by atoms with Crippen LogP contribution in [0.3, 0.4) is 0 Å². The second kappa shape index (κ2) is 4.57. The molecule has 0 fully saturated rings. The molecule has 1 aromatic rings. The van der Waals surface area contributed by atoms with E-state index in [0.29, 0.717) is 11.5 Å². The van der Waals surface area contributed by atoms with E-state index >= 15 is 0 Å². The molecule has 0 saturated heterocycles. The molecule has 0 aliphatic rings. The quantitative estimate of drug-likeness (QED) is 0.484. The van der Waals surface area contributed by atoms with E-state index in [1.807, 2.05) is 6.07 Å². The molecule has 0 radical (unpaired) electrons. The van der Waals surface area contributed by atoms with Gasteiger partial charge >= 0.3 is 0 Å². The summed E-state index contributed by atoms with van der Waals surface area (Å²) in [7, 11) is 0. The molecule has 0 aliphatic heterocycles. The summed E-state index contributed by atoms with van der Waals surface area (Å²) in [6, 6.07) is 5.47. The van der Waals surface area contributed by atoms with Crippen LogP contribution in [0.2, 0.25) is 0 Å². The van der Waals surface area contributed by atoms with Crippen molar-refractivity contribution in [3.63, 3.8) is 0 Å². The van der Waals surface area contributed by atoms with E-state index in [-0.39, 0.29) is 5.91 Å². The Morgan fingerprint density at radius 1 is 1.50 bits per heavy atom. The second-order valence-corrected chi connectivity index (χ2v) is 4.22. The largest absolute Gasteiger partial charge is 0.290 e. The minimum Gasteiger partial charge on any atom is -0.290 e. The van der Waals surface area contributed by atoms with Crippen LogP contribution in [0.5, 0.6) is 0 Å². The van der Waals surface area contributed by atoms with Gasteiger partial charge in [0.25, 0.3) is 5.91 Å². The Bertz CT molecular complexity index is 350. The van der Waals surface area contributed by atoms with E-state index in [1.165, 1.54) is 5.56 Å². The Hall–Kier alpha value is -0.870. The first-order valence-electron chi connectivity index (χ1n) is 4.36. The molecule has 0 heterocycles. The third kappa shape index (κ3) is 2.33. The summed E-state index contributed by atoms with van der Waals surface area (Å²) in [5, 5.41) is 0. The van der Waals surface area contributed by atoms with Crippen LogP contribution in [0.4, 0.5) is 0 Å². The SMILES string of the molecule is CC(C)c1ccc(C(=O)NN)cc1Br. The molecule has 0 saturated carbocycles. The number of carbonyl (C=O) groups excluding carboxylic acids is 1. The van der Waals surface area contributed by atoms with Crippen LogP contribution in [0, 0.1) is 0 Å². The third-order valence-electron chi connectivity index (χ3n) is 2.02. The number of nitrogens with one attached hydrogen (secondary N) is 1. The summed E-state index contributed by atoms with van der Waals surface area (Å²) in [6.45, 7) is 4.20. The molecule has 76 valence electrons. The first-order chi connectivity index (χ1) is 6.56. The van der Waals surface area contributed by atoms with Gasteiger partial charge in [0, 0.05) is 10.0 Å². The zero-order valence-electron chi connectivity index (χ0n) is 8.17. The fourth-order valence-corrected chi connectivity index (χ4v) is 2.06. The normalized spacial score (nSPS) is 10.4. The van der Waals surface area contributed by atoms with E-state index in [2.05, 4.69) is 35.2 Å². The summed E-state index contributed by atoms with van der Waals surface area (Å²) in [4.78, 5) is 11.2. The Morgan fingerprint density at radius 3 is 2.57 bits per heavy atom. The van der Waals surface area contributed by atoms with E-state index in [0.717, 1.165) is 4.47 Å². The Labute approximate surface area is 91.8 Å². The molecule has 14 heavy (non-hydrogen) atoms. The molecule has 0 bridgehead atoms. The van der Waals surface area contributed by atoms with Gasteiger partial charge < -0.3 is 0 Å². The van der Waals surface area contributed by atoms with Crippen LogP contribution < -0.4 is 11.3 Å². The van der Waals surface area contributed by atoms with Crippen molar-refractivity contribution in [1.82, 2.24) is 5.43 Å². The van der Waals surface area contributed by atoms with Crippen molar-refractivity contribution < 1.29 is 4.79 Å². The zero-order valence-corrected chi connectivity index (χ0v) is 9.76. The number of halogens is 1. The fraction of sp³-hybridized carbons (Fsp3) is 0.300. The number of carbonyl (C=O) groups is 1. The van der Waals surface area contributed by atoms with E-state index in [1.54, 1.807) is 12.1 Å². The van der Waals surface area contributed by atoms with Gasteiger partial charge in [-0.05, 0) is 23.6 Å². The number of rotatable bonds is 2. The van der Waals surface area contributed by atoms with E-state index in [4.69, 9.17) is 5.84 Å². The van der Waals surface area contributed by atoms with Crippen molar-refractivity contribution in [2.24, 2.45) is 5.84 Å². The second-order valence-electron chi connectivity index (χ2n) is 3.36. The van der Waals surface area contributed by atoms with Gasteiger partial charge in [-0.15, -0.1) is 0 Å². The molecular weight excluding hydrogens is 244 g/mol. The highest BCUT2D eigenvalue weighted by molar-refractivity contribution is 9.10. The summed E-state index contributed by atoms with van der Waals surface area (Å²) in [5.74, 6) is 5.19. The van der Waals surface area contributed by atoms with Crippen molar-refractivity contribution in [2.75, 3.05) is 0 Å². The molecule has 4 heteroatoms. The minimum absolute atomic E-state index is 0.277. The Kier molecular flexibility index (Phi) is 3.66. The molecule has 0 aromatic heterocycles. The summed E-state index contributed by atoms with van der Waals surface area (Å²) >= 11 is 3.42. The Morgan fingerprint density at radius 2 is 2.14 bits per heavy atom. The van der Waals surface area contributed by atoms with E-state index < -0.39 is 0 Å². The van der Waals surface area contributed by atoms with Gasteiger partial charge in [-0.2, -0.15) is 0 Å². The van der Waals surface area contributed by atoms with Gasteiger partial charge in [0.2, 0.25) is 0 Å². The zero-order chi connectivity index (χ0) is 10.7. The number of nitrogens with two attached hydrogens (primary N) is 1. The minimum atomic E-state index is -0.277. The van der Waals surface area contributed by atoms with Gasteiger partial charge in [0.1, 0.15) is 0 Å².